The molecule has 0 aliphatic carbocycles. The number of carbonyl (C=O) groups is 1. The van der Waals surface area contributed by atoms with Crippen LogP contribution < -0.4 is 5.32 Å². The zero-order valence-corrected chi connectivity index (χ0v) is 14.5. The molecule has 124 valence electrons. The van der Waals surface area contributed by atoms with Crippen LogP contribution in [0.15, 0.2) is 46.9 Å². The lowest BCUT2D eigenvalue weighted by molar-refractivity contribution is -0.121. The van der Waals surface area contributed by atoms with Crippen molar-refractivity contribution in [3.63, 3.8) is 0 Å². The lowest BCUT2D eigenvalue weighted by atomic mass is 10.0. The molecule has 1 amide bonds. The Morgan fingerprint density at radius 2 is 2.00 bits per heavy atom. The summed E-state index contributed by atoms with van der Waals surface area (Å²) in [5.41, 5.74) is -0.0245. The van der Waals surface area contributed by atoms with E-state index < -0.39 is 5.60 Å². The molecule has 0 bridgehead atoms. The van der Waals surface area contributed by atoms with Crippen LogP contribution in [-0.2, 0) is 16.1 Å². The van der Waals surface area contributed by atoms with E-state index >= 15 is 0 Å². The van der Waals surface area contributed by atoms with E-state index in [0.717, 1.165) is 11.5 Å². The molecule has 2 atom stereocenters. The summed E-state index contributed by atoms with van der Waals surface area (Å²) in [6.07, 6.45) is 0. The van der Waals surface area contributed by atoms with Crippen molar-refractivity contribution >= 4 is 17.7 Å². The van der Waals surface area contributed by atoms with Crippen molar-refractivity contribution < 1.29 is 14.3 Å². The summed E-state index contributed by atoms with van der Waals surface area (Å²) < 4.78 is 5.44. The summed E-state index contributed by atoms with van der Waals surface area (Å²) in [4.78, 5) is 12.2. The molecule has 0 saturated carbocycles. The van der Waals surface area contributed by atoms with Gasteiger partial charge in [0.1, 0.15) is 17.1 Å². The van der Waals surface area contributed by atoms with Crippen molar-refractivity contribution in [1.29, 1.82) is 0 Å². The van der Waals surface area contributed by atoms with E-state index in [0.29, 0.717) is 5.76 Å². The van der Waals surface area contributed by atoms with Gasteiger partial charge in [-0.1, -0.05) is 30.3 Å². The molecule has 5 heteroatoms. The first-order chi connectivity index (χ1) is 10.9. The van der Waals surface area contributed by atoms with Crippen LogP contribution in [0.3, 0.4) is 0 Å². The molecular formula is C18H23NO3S. The second kappa shape index (κ2) is 7.70. The average Bonchev–Trinajstić information content (AvgIpc) is 2.99. The van der Waals surface area contributed by atoms with Crippen molar-refractivity contribution in [3.8, 4) is 0 Å². The number of aliphatic hydroxyl groups is 1. The van der Waals surface area contributed by atoms with Gasteiger partial charge >= 0.3 is 0 Å². The minimum absolute atomic E-state index is 0.0884. The van der Waals surface area contributed by atoms with E-state index in [1.165, 1.54) is 5.56 Å². The number of amides is 1. The lowest BCUT2D eigenvalue weighted by Gasteiger charge is -2.22. The molecule has 1 aromatic heterocycles. The minimum atomic E-state index is -1.21. The molecule has 2 aromatic rings. The highest BCUT2D eigenvalue weighted by molar-refractivity contribution is 7.99. The molecule has 4 nitrogen and oxygen atoms in total. The second-order valence-electron chi connectivity index (χ2n) is 5.84. The molecular weight excluding hydrogens is 310 g/mol. The van der Waals surface area contributed by atoms with Crippen LogP contribution in [0, 0.1) is 6.92 Å². The Labute approximate surface area is 141 Å². The molecule has 0 aliphatic heterocycles. The number of carbonyl (C=O) groups excluding carboxylic acids is 1. The van der Waals surface area contributed by atoms with Crippen LogP contribution in [0.25, 0.3) is 0 Å². The summed E-state index contributed by atoms with van der Waals surface area (Å²) in [5, 5.41) is 13.0. The van der Waals surface area contributed by atoms with Gasteiger partial charge in [-0.2, -0.15) is 0 Å². The smallest absolute Gasteiger partial charge is 0.232 e. The maximum atomic E-state index is 12.2. The second-order valence-corrected chi connectivity index (χ2v) is 7.17. The molecule has 2 N–H and O–H groups in total. The molecule has 0 spiro atoms. The SMILES string of the molecule is Cc1ccc(C(C)(O)CNC(=O)C(C)SCc2ccccc2)o1. The standard InChI is InChI=1S/C18H23NO3S/c1-13-9-10-16(22-13)18(3,21)12-19-17(20)14(2)23-11-15-7-5-4-6-8-15/h4-10,14,21H,11-12H2,1-3H3,(H,19,20). The monoisotopic (exact) mass is 333 g/mol. The quantitative estimate of drug-likeness (QED) is 0.816. The minimum Gasteiger partial charge on any atom is -0.463 e. The number of furan rings is 1. The van der Waals surface area contributed by atoms with Gasteiger partial charge in [-0.05, 0) is 38.5 Å². The van der Waals surface area contributed by atoms with Crippen molar-refractivity contribution in [2.75, 3.05) is 6.54 Å². The first-order valence-corrected chi connectivity index (χ1v) is 8.66. The average molecular weight is 333 g/mol. The molecule has 0 aliphatic rings. The molecule has 1 aromatic carbocycles. The van der Waals surface area contributed by atoms with E-state index in [9.17, 15) is 9.90 Å². The number of benzene rings is 1. The fourth-order valence-electron chi connectivity index (χ4n) is 2.09. The molecule has 23 heavy (non-hydrogen) atoms. The van der Waals surface area contributed by atoms with Gasteiger partial charge in [0, 0.05) is 5.75 Å². The molecule has 0 fully saturated rings. The number of aryl methyl sites for hydroxylation is 1. The van der Waals surface area contributed by atoms with Gasteiger partial charge < -0.3 is 14.8 Å². The summed E-state index contributed by atoms with van der Waals surface area (Å²) in [6, 6.07) is 13.6. The number of thioether (sulfide) groups is 1. The Hall–Kier alpha value is -1.72. The van der Waals surface area contributed by atoms with Crippen molar-refractivity contribution in [2.45, 2.75) is 37.4 Å². The van der Waals surface area contributed by atoms with Gasteiger partial charge in [0.15, 0.2) is 0 Å². The third-order valence-electron chi connectivity index (χ3n) is 3.59. The lowest BCUT2D eigenvalue weighted by Crippen LogP contribution is -2.41. The maximum absolute atomic E-state index is 12.2. The van der Waals surface area contributed by atoms with Crippen LogP contribution in [-0.4, -0.2) is 22.8 Å². The first kappa shape index (κ1) is 17.6. The molecule has 0 radical (unpaired) electrons. The highest BCUT2D eigenvalue weighted by Gasteiger charge is 2.28. The van der Waals surface area contributed by atoms with Crippen LogP contribution in [0.5, 0.6) is 0 Å². The molecule has 2 unspecified atom stereocenters. The highest BCUT2D eigenvalue weighted by atomic mass is 32.2. The Bertz CT molecular complexity index is 637. The van der Waals surface area contributed by atoms with Gasteiger partial charge in [0.05, 0.1) is 11.8 Å². The van der Waals surface area contributed by atoms with Crippen molar-refractivity contribution in [1.82, 2.24) is 5.32 Å². The molecule has 2 rings (SSSR count). The Kier molecular flexibility index (Phi) is 5.91. The normalized spacial score (nSPS) is 15.0. The molecule has 0 saturated heterocycles. The van der Waals surface area contributed by atoms with Crippen LogP contribution in [0.4, 0.5) is 0 Å². The van der Waals surface area contributed by atoms with Gasteiger partial charge in [-0.15, -0.1) is 11.8 Å². The number of hydrogen-bond acceptors (Lipinski definition) is 4. The van der Waals surface area contributed by atoms with Gasteiger partial charge in [-0.25, -0.2) is 0 Å². The van der Waals surface area contributed by atoms with Crippen LogP contribution in [0.1, 0.15) is 30.9 Å². The van der Waals surface area contributed by atoms with Gasteiger partial charge in [0.25, 0.3) is 0 Å². The van der Waals surface area contributed by atoms with Crippen molar-refractivity contribution in [3.05, 3.63) is 59.5 Å². The topological polar surface area (TPSA) is 62.5 Å². The van der Waals surface area contributed by atoms with Crippen molar-refractivity contribution in [2.24, 2.45) is 0 Å². The largest absolute Gasteiger partial charge is 0.463 e. The van der Waals surface area contributed by atoms with E-state index in [4.69, 9.17) is 4.42 Å². The number of nitrogens with one attached hydrogen (secondary N) is 1. The predicted octanol–water partition coefficient (Wildman–Crippen LogP) is 3.23. The fraction of sp³-hybridized carbons (Fsp3) is 0.389. The maximum Gasteiger partial charge on any atom is 0.232 e. The predicted molar refractivity (Wildman–Crippen MR) is 93.2 cm³/mol. The summed E-state index contributed by atoms with van der Waals surface area (Å²) in [5.74, 6) is 1.89. The van der Waals surface area contributed by atoms with E-state index in [-0.39, 0.29) is 17.7 Å². The van der Waals surface area contributed by atoms with E-state index in [1.807, 2.05) is 44.2 Å². The zero-order chi connectivity index (χ0) is 16.9. The zero-order valence-electron chi connectivity index (χ0n) is 13.7. The highest BCUT2D eigenvalue weighted by Crippen LogP contribution is 2.22. The third kappa shape index (κ3) is 5.15. The Balaban J connectivity index is 1.81. The summed E-state index contributed by atoms with van der Waals surface area (Å²) in [7, 11) is 0. The Morgan fingerprint density at radius 3 is 2.61 bits per heavy atom. The van der Waals surface area contributed by atoms with Crippen LogP contribution in [0.2, 0.25) is 0 Å². The number of hydrogen-bond donors (Lipinski definition) is 2. The van der Waals surface area contributed by atoms with E-state index in [1.54, 1.807) is 30.8 Å². The van der Waals surface area contributed by atoms with E-state index in [2.05, 4.69) is 5.32 Å². The third-order valence-corrected chi connectivity index (χ3v) is 4.80. The first-order valence-electron chi connectivity index (χ1n) is 7.61. The van der Waals surface area contributed by atoms with Crippen LogP contribution >= 0.6 is 11.8 Å². The van der Waals surface area contributed by atoms with Gasteiger partial charge in [-0.3, -0.25) is 4.79 Å². The fourth-order valence-corrected chi connectivity index (χ4v) is 2.95. The van der Waals surface area contributed by atoms with Gasteiger partial charge in [0.2, 0.25) is 5.91 Å². The Morgan fingerprint density at radius 1 is 1.30 bits per heavy atom. The number of rotatable bonds is 7. The summed E-state index contributed by atoms with van der Waals surface area (Å²) >= 11 is 1.57. The molecule has 1 heterocycles. The summed E-state index contributed by atoms with van der Waals surface area (Å²) in [6.45, 7) is 5.44.